The van der Waals surface area contributed by atoms with Gasteiger partial charge in [-0.25, -0.2) is 4.79 Å². The summed E-state index contributed by atoms with van der Waals surface area (Å²) < 4.78 is 5.30. The Kier molecular flexibility index (Phi) is 8.07. The van der Waals surface area contributed by atoms with E-state index in [1.165, 1.54) is 11.3 Å². The molecule has 0 spiro atoms. The Morgan fingerprint density at radius 1 is 1.03 bits per heavy atom. The van der Waals surface area contributed by atoms with Crippen LogP contribution in [0, 0.1) is 0 Å². The summed E-state index contributed by atoms with van der Waals surface area (Å²) >= 11 is 1.48. The van der Waals surface area contributed by atoms with Crippen molar-refractivity contribution < 1.29 is 14.3 Å². The topological polar surface area (TPSA) is 58.6 Å². The van der Waals surface area contributed by atoms with Crippen LogP contribution in [-0.4, -0.2) is 36.5 Å². The number of rotatable bonds is 6. The van der Waals surface area contributed by atoms with Gasteiger partial charge in [0.2, 0.25) is 0 Å². The van der Waals surface area contributed by atoms with Crippen LogP contribution in [0.5, 0.6) is 0 Å². The molecule has 0 saturated heterocycles. The van der Waals surface area contributed by atoms with Crippen LogP contribution >= 0.6 is 23.7 Å². The minimum atomic E-state index is -0.361. The first kappa shape index (κ1) is 24.0. The van der Waals surface area contributed by atoms with Gasteiger partial charge in [0.1, 0.15) is 5.00 Å². The van der Waals surface area contributed by atoms with Gasteiger partial charge in [-0.2, -0.15) is 0 Å². The predicted octanol–water partition coefficient (Wildman–Crippen LogP) is 5.64. The van der Waals surface area contributed by atoms with Crippen LogP contribution in [0.2, 0.25) is 0 Å². The van der Waals surface area contributed by atoms with Crippen molar-refractivity contribution in [3.8, 4) is 11.1 Å². The van der Waals surface area contributed by atoms with Crippen LogP contribution in [-0.2, 0) is 17.7 Å². The Balaban J connectivity index is 0.00000289. The molecule has 0 atom stereocenters. The molecule has 0 fully saturated rings. The molecule has 1 amide bonds. The Hall–Kier alpha value is -2.67. The summed E-state index contributed by atoms with van der Waals surface area (Å²) in [5.41, 5.74) is 4.24. The number of fused-ring (bicyclic) bond motifs is 1. The third kappa shape index (κ3) is 5.04. The number of thiophene rings is 1. The van der Waals surface area contributed by atoms with Gasteiger partial charge < -0.3 is 10.1 Å². The highest BCUT2D eigenvalue weighted by Crippen LogP contribution is 2.38. The molecule has 32 heavy (non-hydrogen) atoms. The highest BCUT2D eigenvalue weighted by Gasteiger charge is 2.29. The summed E-state index contributed by atoms with van der Waals surface area (Å²) in [6.07, 6.45) is 0.787. The fourth-order valence-electron chi connectivity index (χ4n) is 3.85. The molecule has 1 aliphatic rings. The van der Waals surface area contributed by atoms with Gasteiger partial charge in [0.25, 0.3) is 5.91 Å². The normalized spacial score (nSPS) is 13.1. The molecular weight excluding hydrogens is 444 g/mol. The van der Waals surface area contributed by atoms with Crippen LogP contribution in [0.25, 0.3) is 11.1 Å². The van der Waals surface area contributed by atoms with Crippen molar-refractivity contribution in [3.63, 3.8) is 0 Å². The van der Waals surface area contributed by atoms with Crippen molar-refractivity contribution >= 4 is 40.6 Å². The third-order valence-electron chi connectivity index (χ3n) is 5.54. The zero-order valence-electron chi connectivity index (χ0n) is 18.2. The number of likely N-dealkylation sites (N-methyl/N-ethyl adjacent to an activating group) is 1. The number of carbonyl (C=O) groups excluding carboxylic acids is 2. The average Bonchev–Trinajstić information content (AvgIpc) is 3.16. The Bertz CT molecular complexity index is 1080. The number of hydrogen-bond donors (Lipinski definition) is 1. The number of amides is 1. The third-order valence-corrected chi connectivity index (χ3v) is 6.68. The van der Waals surface area contributed by atoms with Crippen molar-refractivity contribution in [2.24, 2.45) is 0 Å². The second-order valence-electron chi connectivity index (χ2n) is 7.44. The van der Waals surface area contributed by atoms with Crippen LogP contribution < -0.4 is 5.32 Å². The Labute approximate surface area is 198 Å². The number of carbonyl (C=O) groups is 2. The molecule has 0 saturated carbocycles. The summed E-state index contributed by atoms with van der Waals surface area (Å²) in [5, 5.41) is 3.56. The number of anilines is 1. The maximum atomic E-state index is 13.0. The van der Waals surface area contributed by atoms with E-state index in [0.717, 1.165) is 47.6 Å². The van der Waals surface area contributed by atoms with Gasteiger partial charge in [-0.1, -0.05) is 49.4 Å². The second kappa shape index (κ2) is 10.8. The number of nitrogens with zero attached hydrogens (tertiary/aromatic N) is 1. The smallest absolute Gasteiger partial charge is 0.341 e. The summed E-state index contributed by atoms with van der Waals surface area (Å²) in [6, 6.07) is 17.5. The summed E-state index contributed by atoms with van der Waals surface area (Å²) in [4.78, 5) is 29.1. The molecule has 4 rings (SSSR count). The molecule has 2 heterocycles. The molecular formula is C25H27ClN2O3S. The highest BCUT2D eigenvalue weighted by molar-refractivity contribution is 7.17. The largest absolute Gasteiger partial charge is 0.462 e. The predicted molar refractivity (Wildman–Crippen MR) is 132 cm³/mol. The Morgan fingerprint density at radius 3 is 2.38 bits per heavy atom. The van der Waals surface area contributed by atoms with Gasteiger partial charge in [0.05, 0.1) is 12.2 Å². The summed E-state index contributed by atoms with van der Waals surface area (Å²) in [6.45, 7) is 6.89. The van der Waals surface area contributed by atoms with E-state index in [9.17, 15) is 9.59 Å². The van der Waals surface area contributed by atoms with Gasteiger partial charge >= 0.3 is 5.97 Å². The zero-order valence-corrected chi connectivity index (χ0v) is 19.9. The summed E-state index contributed by atoms with van der Waals surface area (Å²) in [7, 11) is 0. The summed E-state index contributed by atoms with van der Waals surface area (Å²) in [5.74, 6) is -0.587. The number of ether oxygens (including phenoxy) is 1. The second-order valence-corrected chi connectivity index (χ2v) is 8.55. The monoisotopic (exact) mass is 470 g/mol. The van der Waals surface area contributed by atoms with Crippen molar-refractivity contribution in [2.75, 3.05) is 25.0 Å². The van der Waals surface area contributed by atoms with E-state index >= 15 is 0 Å². The first-order valence-corrected chi connectivity index (χ1v) is 11.4. The lowest BCUT2D eigenvalue weighted by atomic mass is 10.0. The van der Waals surface area contributed by atoms with Crippen LogP contribution in [0.15, 0.2) is 54.6 Å². The van der Waals surface area contributed by atoms with Crippen molar-refractivity contribution in [1.29, 1.82) is 0 Å². The molecule has 168 valence electrons. The molecule has 7 heteroatoms. The zero-order chi connectivity index (χ0) is 21.8. The first-order chi connectivity index (χ1) is 15.1. The van der Waals surface area contributed by atoms with Gasteiger partial charge in [-0.3, -0.25) is 9.69 Å². The molecule has 0 bridgehead atoms. The Morgan fingerprint density at radius 2 is 1.72 bits per heavy atom. The first-order valence-electron chi connectivity index (χ1n) is 10.6. The fourth-order valence-corrected chi connectivity index (χ4v) is 5.13. The average molecular weight is 471 g/mol. The fraction of sp³-hybridized carbons (Fsp3) is 0.280. The molecule has 1 aromatic heterocycles. The minimum Gasteiger partial charge on any atom is -0.462 e. The van der Waals surface area contributed by atoms with Crippen LogP contribution in [0.1, 0.15) is 45.0 Å². The lowest BCUT2D eigenvalue weighted by molar-refractivity contribution is 0.0526. The lowest BCUT2D eigenvalue weighted by Gasteiger charge is -2.25. The molecule has 0 radical (unpaired) electrons. The van der Waals surface area contributed by atoms with E-state index in [2.05, 4.69) is 17.1 Å². The number of halogens is 1. The molecule has 0 unspecified atom stereocenters. The van der Waals surface area contributed by atoms with Gasteiger partial charge in [-0.05, 0) is 48.7 Å². The van der Waals surface area contributed by atoms with E-state index in [-0.39, 0.29) is 24.3 Å². The van der Waals surface area contributed by atoms with Crippen LogP contribution in [0.3, 0.4) is 0 Å². The van der Waals surface area contributed by atoms with Crippen molar-refractivity contribution in [2.45, 2.75) is 26.8 Å². The molecule has 1 N–H and O–H groups in total. The van der Waals surface area contributed by atoms with Crippen molar-refractivity contribution in [1.82, 2.24) is 4.90 Å². The maximum Gasteiger partial charge on any atom is 0.341 e. The molecule has 0 aliphatic carbocycles. The van der Waals surface area contributed by atoms with Gasteiger partial charge in [-0.15, -0.1) is 23.7 Å². The highest BCUT2D eigenvalue weighted by atomic mass is 35.5. The SMILES string of the molecule is CCOC(=O)c1c(NC(=O)c2ccc(-c3ccccc3)cc2)sc2c1CCN(CC)C2.Cl. The quantitative estimate of drug-likeness (QED) is 0.473. The van der Waals surface area contributed by atoms with E-state index < -0.39 is 0 Å². The van der Waals surface area contributed by atoms with Gasteiger partial charge in [0, 0.05) is 23.5 Å². The van der Waals surface area contributed by atoms with Crippen molar-refractivity contribution in [3.05, 3.63) is 76.2 Å². The minimum absolute atomic E-state index is 0. The van der Waals surface area contributed by atoms with E-state index in [1.807, 2.05) is 54.6 Å². The van der Waals surface area contributed by atoms with E-state index in [4.69, 9.17) is 4.74 Å². The molecule has 3 aromatic rings. The molecule has 2 aromatic carbocycles. The van der Waals surface area contributed by atoms with Crippen LogP contribution in [0.4, 0.5) is 5.00 Å². The number of benzene rings is 2. The van der Waals surface area contributed by atoms with E-state index in [0.29, 0.717) is 22.7 Å². The number of esters is 1. The maximum absolute atomic E-state index is 13.0. The van der Waals surface area contributed by atoms with E-state index in [1.54, 1.807) is 6.92 Å². The molecule has 1 aliphatic heterocycles. The van der Waals surface area contributed by atoms with Gasteiger partial charge in [0.15, 0.2) is 0 Å². The standard InChI is InChI=1S/C25H26N2O3S.ClH/c1-3-27-15-14-20-21(16-27)31-24(22(20)25(29)30-4-2)26-23(28)19-12-10-18(11-13-19)17-8-6-5-7-9-17;/h5-13H,3-4,14-16H2,1-2H3,(H,26,28);1H. The number of hydrogen-bond acceptors (Lipinski definition) is 5. The number of nitrogens with one attached hydrogen (secondary N) is 1. The lowest BCUT2D eigenvalue weighted by Crippen LogP contribution is -2.30. The molecule has 5 nitrogen and oxygen atoms in total.